The summed E-state index contributed by atoms with van der Waals surface area (Å²) in [4.78, 5) is 23.2. The molecule has 1 saturated heterocycles. The van der Waals surface area contributed by atoms with Gasteiger partial charge in [-0.2, -0.15) is 0 Å². The number of aromatic nitrogens is 3. The molecule has 0 spiro atoms. The molecule has 9 nitrogen and oxygen atoms in total. The molecule has 166 valence electrons. The minimum absolute atomic E-state index is 0.0246. The van der Waals surface area contributed by atoms with Crippen LogP contribution in [0.2, 0.25) is 0 Å². The lowest BCUT2D eigenvalue weighted by Gasteiger charge is -2.19. The standard InChI is InChI=1S/C24H22N6O3/c31-18-7-9-29(12-18)17-4-2-16(3-5-17)26-23-24-25-8-10-30(24)13-20(28-23)15-1-6-21-19(11-15)27-22(32)14-33-21/h1-6,8,10-11,13,18,31H,7,9,12,14H2,(H,26,28)(H,27,32)/t18-/m0/s1. The van der Waals surface area contributed by atoms with Crippen molar-refractivity contribution in [1.29, 1.82) is 0 Å². The highest BCUT2D eigenvalue weighted by atomic mass is 16.5. The molecule has 2 aromatic heterocycles. The fraction of sp³-hybridized carbons (Fsp3) is 0.208. The molecule has 2 aliphatic heterocycles. The van der Waals surface area contributed by atoms with Gasteiger partial charge in [0.2, 0.25) is 0 Å². The largest absolute Gasteiger partial charge is 0.482 e. The maximum Gasteiger partial charge on any atom is 0.262 e. The van der Waals surface area contributed by atoms with E-state index in [1.54, 1.807) is 6.20 Å². The molecular formula is C24H22N6O3. The summed E-state index contributed by atoms with van der Waals surface area (Å²) >= 11 is 0. The van der Waals surface area contributed by atoms with Gasteiger partial charge in [0, 0.05) is 48.6 Å². The van der Waals surface area contributed by atoms with Gasteiger partial charge >= 0.3 is 0 Å². The van der Waals surface area contributed by atoms with Crippen LogP contribution in [0, 0.1) is 0 Å². The van der Waals surface area contributed by atoms with E-state index in [1.807, 2.05) is 59.3 Å². The Morgan fingerprint density at radius 2 is 2.06 bits per heavy atom. The maximum atomic E-state index is 11.7. The third-order valence-corrected chi connectivity index (χ3v) is 5.94. The summed E-state index contributed by atoms with van der Waals surface area (Å²) in [5.74, 6) is 1.10. The summed E-state index contributed by atoms with van der Waals surface area (Å²) in [6, 6.07) is 13.7. The average molecular weight is 442 g/mol. The molecule has 1 fully saturated rings. The van der Waals surface area contributed by atoms with Gasteiger partial charge in [-0.25, -0.2) is 9.97 Å². The van der Waals surface area contributed by atoms with Crippen molar-refractivity contribution < 1.29 is 14.6 Å². The first-order chi connectivity index (χ1) is 16.1. The number of β-amino-alcohol motifs (C(OH)–C–C–N with tert-alkyl or cyclic N) is 1. The molecule has 0 aliphatic carbocycles. The van der Waals surface area contributed by atoms with Gasteiger partial charge in [-0.15, -0.1) is 0 Å². The second-order valence-electron chi connectivity index (χ2n) is 8.24. The van der Waals surface area contributed by atoms with Gasteiger partial charge in [0.05, 0.1) is 17.5 Å². The van der Waals surface area contributed by atoms with Crippen LogP contribution in [0.15, 0.2) is 61.1 Å². The van der Waals surface area contributed by atoms with Crippen LogP contribution in [0.4, 0.5) is 22.9 Å². The number of hydrogen-bond donors (Lipinski definition) is 3. The zero-order valence-corrected chi connectivity index (χ0v) is 17.7. The van der Waals surface area contributed by atoms with Crippen molar-refractivity contribution in [3.05, 3.63) is 61.1 Å². The number of nitrogens with one attached hydrogen (secondary N) is 2. The first kappa shape index (κ1) is 19.6. The van der Waals surface area contributed by atoms with E-state index in [9.17, 15) is 9.90 Å². The van der Waals surface area contributed by atoms with Crippen LogP contribution in [0.5, 0.6) is 5.75 Å². The molecule has 6 rings (SSSR count). The fourth-order valence-electron chi connectivity index (χ4n) is 4.27. The molecule has 9 heteroatoms. The topological polar surface area (TPSA) is 104 Å². The predicted octanol–water partition coefficient (Wildman–Crippen LogP) is 3.04. The molecule has 4 heterocycles. The minimum atomic E-state index is -0.257. The van der Waals surface area contributed by atoms with Crippen molar-refractivity contribution >= 4 is 34.4 Å². The number of hydrogen-bond acceptors (Lipinski definition) is 7. The number of aliphatic hydroxyl groups is 1. The molecule has 2 aliphatic rings. The van der Waals surface area contributed by atoms with E-state index in [4.69, 9.17) is 9.72 Å². The monoisotopic (exact) mass is 442 g/mol. The zero-order chi connectivity index (χ0) is 22.4. The SMILES string of the molecule is O=C1COc2ccc(-c3cn4ccnc4c(Nc4ccc(N5CC[C@H](O)C5)cc4)n3)cc2N1. The smallest absolute Gasteiger partial charge is 0.262 e. The quantitative estimate of drug-likeness (QED) is 0.446. The Balaban J connectivity index is 1.32. The second-order valence-corrected chi connectivity index (χ2v) is 8.24. The number of carbonyl (C=O) groups is 1. The number of nitrogens with zero attached hydrogens (tertiary/aromatic N) is 4. The van der Waals surface area contributed by atoms with Crippen molar-refractivity contribution in [1.82, 2.24) is 14.4 Å². The van der Waals surface area contributed by atoms with Gasteiger partial charge < -0.3 is 29.8 Å². The highest BCUT2D eigenvalue weighted by Gasteiger charge is 2.20. The molecule has 0 radical (unpaired) electrons. The van der Waals surface area contributed by atoms with Crippen molar-refractivity contribution in [2.24, 2.45) is 0 Å². The normalized spacial score (nSPS) is 17.5. The van der Waals surface area contributed by atoms with E-state index in [0.717, 1.165) is 35.6 Å². The average Bonchev–Trinajstić information content (AvgIpc) is 3.48. The van der Waals surface area contributed by atoms with Gasteiger partial charge in [-0.1, -0.05) is 0 Å². The summed E-state index contributed by atoms with van der Waals surface area (Å²) in [7, 11) is 0. The minimum Gasteiger partial charge on any atom is -0.482 e. The van der Waals surface area contributed by atoms with Gasteiger partial charge in [-0.3, -0.25) is 4.79 Å². The lowest BCUT2D eigenvalue weighted by molar-refractivity contribution is -0.118. The summed E-state index contributed by atoms with van der Waals surface area (Å²) in [6.45, 7) is 1.55. The number of imidazole rings is 1. The second kappa shape index (κ2) is 7.79. The summed E-state index contributed by atoms with van der Waals surface area (Å²) in [5.41, 5.74) is 4.89. The Bertz CT molecular complexity index is 1350. The number of rotatable bonds is 4. The van der Waals surface area contributed by atoms with E-state index < -0.39 is 0 Å². The molecule has 0 bridgehead atoms. The van der Waals surface area contributed by atoms with Crippen LogP contribution in [0.25, 0.3) is 16.9 Å². The third kappa shape index (κ3) is 3.72. The molecular weight excluding hydrogens is 420 g/mol. The number of benzene rings is 2. The molecule has 3 N–H and O–H groups in total. The molecule has 1 amide bonds. The third-order valence-electron chi connectivity index (χ3n) is 5.94. The fourth-order valence-corrected chi connectivity index (χ4v) is 4.27. The lowest BCUT2D eigenvalue weighted by Crippen LogP contribution is -2.25. The number of anilines is 4. The molecule has 2 aromatic carbocycles. The number of fused-ring (bicyclic) bond motifs is 2. The number of carbonyl (C=O) groups excluding carboxylic acids is 1. The molecule has 0 unspecified atom stereocenters. The van der Waals surface area contributed by atoms with Crippen molar-refractivity contribution in [2.75, 3.05) is 35.2 Å². The van der Waals surface area contributed by atoms with E-state index in [1.165, 1.54) is 0 Å². The van der Waals surface area contributed by atoms with Crippen LogP contribution in [0.3, 0.4) is 0 Å². The van der Waals surface area contributed by atoms with Crippen LogP contribution >= 0.6 is 0 Å². The van der Waals surface area contributed by atoms with Crippen LogP contribution in [-0.2, 0) is 4.79 Å². The Kier molecular flexibility index (Phi) is 4.62. The highest BCUT2D eigenvalue weighted by Crippen LogP contribution is 2.33. The van der Waals surface area contributed by atoms with Crippen LogP contribution < -0.4 is 20.3 Å². The summed E-state index contributed by atoms with van der Waals surface area (Å²) in [6.07, 6.45) is 6.05. The van der Waals surface area contributed by atoms with Crippen molar-refractivity contribution in [2.45, 2.75) is 12.5 Å². The van der Waals surface area contributed by atoms with Crippen LogP contribution in [0.1, 0.15) is 6.42 Å². The molecule has 0 saturated carbocycles. The van der Waals surface area contributed by atoms with E-state index in [0.29, 0.717) is 29.4 Å². The first-order valence-corrected chi connectivity index (χ1v) is 10.8. The molecule has 33 heavy (non-hydrogen) atoms. The van der Waals surface area contributed by atoms with Gasteiger partial charge in [-0.05, 0) is 48.9 Å². The van der Waals surface area contributed by atoms with Crippen LogP contribution in [-0.4, -0.2) is 51.2 Å². The number of ether oxygens (including phenoxy) is 1. The lowest BCUT2D eigenvalue weighted by atomic mass is 10.1. The summed E-state index contributed by atoms with van der Waals surface area (Å²) in [5, 5.41) is 16.0. The van der Waals surface area contributed by atoms with Gasteiger partial charge in [0.15, 0.2) is 18.1 Å². The van der Waals surface area contributed by atoms with Crippen molar-refractivity contribution in [3.8, 4) is 17.0 Å². The summed E-state index contributed by atoms with van der Waals surface area (Å²) < 4.78 is 7.38. The first-order valence-electron chi connectivity index (χ1n) is 10.8. The number of amides is 1. The molecule has 1 atom stereocenters. The Labute approximate surface area is 189 Å². The Morgan fingerprint density at radius 1 is 1.18 bits per heavy atom. The number of aliphatic hydroxyl groups excluding tert-OH is 1. The van der Waals surface area contributed by atoms with Crippen molar-refractivity contribution in [3.63, 3.8) is 0 Å². The molecule has 4 aromatic rings. The van der Waals surface area contributed by atoms with E-state index in [2.05, 4.69) is 20.5 Å². The Morgan fingerprint density at radius 3 is 2.88 bits per heavy atom. The predicted molar refractivity (Wildman–Crippen MR) is 125 cm³/mol. The van der Waals surface area contributed by atoms with E-state index >= 15 is 0 Å². The van der Waals surface area contributed by atoms with E-state index in [-0.39, 0.29) is 18.6 Å². The highest BCUT2D eigenvalue weighted by molar-refractivity contribution is 5.96. The van der Waals surface area contributed by atoms with Gasteiger partial charge in [0.25, 0.3) is 5.91 Å². The van der Waals surface area contributed by atoms with Gasteiger partial charge in [0.1, 0.15) is 5.75 Å². The maximum absolute atomic E-state index is 11.7. The Hall–Kier alpha value is -4.11. The zero-order valence-electron chi connectivity index (χ0n) is 17.7.